The third-order valence-electron chi connectivity index (χ3n) is 1.77. The van der Waals surface area contributed by atoms with Crippen molar-refractivity contribution in [1.29, 1.82) is 0 Å². The molecule has 0 fully saturated rings. The van der Waals surface area contributed by atoms with E-state index in [1.807, 2.05) is 0 Å². The highest BCUT2D eigenvalue weighted by Gasteiger charge is 2.18. The molecule has 0 spiro atoms. The second-order valence-corrected chi connectivity index (χ2v) is 7.26. The Morgan fingerprint density at radius 2 is 2.18 bits per heavy atom. The largest absolute Gasteiger partial charge is 0.468 e. The van der Waals surface area contributed by atoms with E-state index in [0.29, 0.717) is 4.88 Å². The van der Waals surface area contributed by atoms with E-state index >= 15 is 0 Å². The number of esters is 1. The van der Waals surface area contributed by atoms with Gasteiger partial charge in [-0.2, -0.15) is 0 Å². The summed E-state index contributed by atoms with van der Waals surface area (Å²) in [5.74, 6) is -0.645. The predicted octanol–water partition coefficient (Wildman–Crippen LogP) is 2.94. The number of alkyl halides is 1. The highest BCUT2D eigenvalue weighted by molar-refractivity contribution is 9.13. The lowest BCUT2D eigenvalue weighted by Gasteiger charge is -2.08. The molecular formula is C9H8Br3NO3S. The molecule has 1 N–H and O–H groups in total. The average molecular weight is 450 g/mol. The van der Waals surface area contributed by atoms with Crippen molar-refractivity contribution in [2.75, 3.05) is 13.7 Å². The first-order valence-electron chi connectivity index (χ1n) is 4.40. The molecule has 0 radical (unpaired) electrons. The standard InChI is InChI=1S/C9H8Br3NO3S/c1-16-9(15)5(11)3-13-8(14)6-2-4(10)7(12)17-6/h2,5H,3H2,1H3,(H,13,14). The van der Waals surface area contributed by atoms with Gasteiger partial charge in [0.05, 0.1) is 15.8 Å². The van der Waals surface area contributed by atoms with E-state index in [9.17, 15) is 9.59 Å². The van der Waals surface area contributed by atoms with Crippen LogP contribution in [0.4, 0.5) is 0 Å². The van der Waals surface area contributed by atoms with Gasteiger partial charge in [0.25, 0.3) is 5.91 Å². The molecule has 4 nitrogen and oxygen atoms in total. The van der Waals surface area contributed by atoms with Crippen LogP contribution in [-0.2, 0) is 9.53 Å². The van der Waals surface area contributed by atoms with E-state index in [0.717, 1.165) is 8.26 Å². The maximum Gasteiger partial charge on any atom is 0.321 e. The van der Waals surface area contributed by atoms with Crippen LogP contribution in [0.1, 0.15) is 9.67 Å². The van der Waals surface area contributed by atoms with Gasteiger partial charge in [0.1, 0.15) is 4.83 Å². The molecule has 1 unspecified atom stereocenters. The van der Waals surface area contributed by atoms with Gasteiger partial charge in [-0.05, 0) is 37.9 Å². The summed E-state index contributed by atoms with van der Waals surface area (Å²) in [5.41, 5.74) is 0. The fourth-order valence-electron chi connectivity index (χ4n) is 0.939. The van der Waals surface area contributed by atoms with Crippen LogP contribution in [0, 0.1) is 0 Å². The number of methoxy groups -OCH3 is 1. The van der Waals surface area contributed by atoms with Crippen LogP contribution in [0.3, 0.4) is 0 Å². The van der Waals surface area contributed by atoms with Gasteiger partial charge >= 0.3 is 5.97 Å². The Labute approximate surface area is 127 Å². The van der Waals surface area contributed by atoms with E-state index in [4.69, 9.17) is 0 Å². The summed E-state index contributed by atoms with van der Waals surface area (Å²) in [6, 6.07) is 1.71. The Morgan fingerprint density at radius 3 is 2.65 bits per heavy atom. The Kier molecular flexibility index (Phi) is 6.11. The molecule has 1 heterocycles. The summed E-state index contributed by atoms with van der Waals surface area (Å²) >= 11 is 11.0. The van der Waals surface area contributed by atoms with Gasteiger partial charge in [-0.3, -0.25) is 9.59 Å². The van der Waals surface area contributed by atoms with Crippen LogP contribution in [0.5, 0.6) is 0 Å². The van der Waals surface area contributed by atoms with Crippen LogP contribution in [0.2, 0.25) is 0 Å². The molecule has 0 saturated heterocycles. The number of carbonyl (C=O) groups excluding carboxylic acids is 2. The lowest BCUT2D eigenvalue weighted by atomic mass is 10.4. The molecule has 0 aliphatic heterocycles. The number of thiophene rings is 1. The zero-order valence-corrected chi connectivity index (χ0v) is 14.2. The molecule has 0 saturated carbocycles. The summed E-state index contributed by atoms with van der Waals surface area (Å²) in [6.07, 6.45) is 0. The third-order valence-corrected chi connectivity index (χ3v) is 5.72. The van der Waals surface area contributed by atoms with Gasteiger partial charge in [0.15, 0.2) is 0 Å². The molecule has 1 aromatic heterocycles. The average Bonchev–Trinajstić information content (AvgIpc) is 2.65. The van der Waals surface area contributed by atoms with Crippen molar-refractivity contribution in [3.05, 3.63) is 19.2 Å². The summed E-state index contributed by atoms with van der Waals surface area (Å²) in [4.78, 5) is 22.8. The minimum Gasteiger partial charge on any atom is -0.468 e. The highest BCUT2D eigenvalue weighted by Crippen LogP contribution is 2.32. The minimum absolute atomic E-state index is 0.179. The van der Waals surface area contributed by atoms with E-state index in [1.54, 1.807) is 6.07 Å². The number of halogens is 3. The first kappa shape index (κ1) is 15.1. The van der Waals surface area contributed by atoms with Crippen LogP contribution in [0.25, 0.3) is 0 Å². The molecule has 1 rings (SSSR count). The maximum absolute atomic E-state index is 11.7. The summed E-state index contributed by atoms with van der Waals surface area (Å²) in [6.45, 7) is 0.179. The van der Waals surface area contributed by atoms with E-state index in [1.165, 1.54) is 18.4 Å². The molecule has 8 heteroatoms. The summed E-state index contributed by atoms with van der Waals surface area (Å²) < 4.78 is 6.21. The molecule has 0 aliphatic carbocycles. The fourth-order valence-corrected chi connectivity index (χ4v) is 3.24. The number of hydrogen-bond donors (Lipinski definition) is 1. The second kappa shape index (κ2) is 6.86. The molecule has 0 aromatic carbocycles. The van der Waals surface area contributed by atoms with Crippen molar-refractivity contribution in [3.63, 3.8) is 0 Å². The number of nitrogens with one attached hydrogen (secondary N) is 1. The molecule has 1 atom stereocenters. The van der Waals surface area contributed by atoms with Crippen molar-refractivity contribution in [2.24, 2.45) is 0 Å². The zero-order valence-electron chi connectivity index (χ0n) is 8.63. The number of rotatable bonds is 4. The molecule has 0 bridgehead atoms. The summed E-state index contributed by atoms with van der Waals surface area (Å²) in [5, 5.41) is 2.64. The van der Waals surface area contributed by atoms with Gasteiger partial charge in [0.2, 0.25) is 0 Å². The topological polar surface area (TPSA) is 55.4 Å². The molecule has 1 aromatic rings. The number of amides is 1. The van der Waals surface area contributed by atoms with Gasteiger partial charge in [-0.15, -0.1) is 11.3 Å². The van der Waals surface area contributed by atoms with Crippen LogP contribution < -0.4 is 5.32 Å². The molecule has 17 heavy (non-hydrogen) atoms. The lowest BCUT2D eigenvalue weighted by molar-refractivity contribution is -0.139. The predicted molar refractivity (Wildman–Crippen MR) is 76.8 cm³/mol. The van der Waals surface area contributed by atoms with Crippen LogP contribution in [0.15, 0.2) is 14.3 Å². The van der Waals surface area contributed by atoms with E-state index in [-0.39, 0.29) is 12.5 Å². The van der Waals surface area contributed by atoms with Crippen LogP contribution in [-0.4, -0.2) is 30.4 Å². The highest BCUT2D eigenvalue weighted by atomic mass is 79.9. The van der Waals surface area contributed by atoms with Crippen LogP contribution >= 0.6 is 59.1 Å². The SMILES string of the molecule is COC(=O)C(Br)CNC(=O)c1cc(Br)c(Br)s1. The smallest absolute Gasteiger partial charge is 0.321 e. The van der Waals surface area contributed by atoms with Gasteiger partial charge in [-0.1, -0.05) is 15.9 Å². The normalized spacial score (nSPS) is 12.0. The Morgan fingerprint density at radius 1 is 1.53 bits per heavy atom. The molecule has 0 aliphatic rings. The van der Waals surface area contributed by atoms with Gasteiger partial charge in [-0.25, -0.2) is 0 Å². The quantitative estimate of drug-likeness (QED) is 0.568. The number of hydrogen-bond acceptors (Lipinski definition) is 4. The number of carbonyl (C=O) groups is 2. The lowest BCUT2D eigenvalue weighted by Crippen LogP contribution is -2.33. The number of ether oxygens (including phenoxy) is 1. The Balaban J connectivity index is 2.53. The van der Waals surface area contributed by atoms with E-state index in [2.05, 4.69) is 57.8 Å². The van der Waals surface area contributed by atoms with Crippen molar-refractivity contribution >= 4 is 71.0 Å². The van der Waals surface area contributed by atoms with Gasteiger partial charge in [0, 0.05) is 11.0 Å². The fraction of sp³-hybridized carbons (Fsp3) is 0.333. The Hall–Kier alpha value is 0.0800. The first-order valence-corrected chi connectivity index (χ1v) is 7.72. The molecular weight excluding hydrogens is 442 g/mol. The van der Waals surface area contributed by atoms with Crippen molar-refractivity contribution in [3.8, 4) is 0 Å². The molecule has 1 amide bonds. The Bertz CT molecular complexity index is 416. The van der Waals surface area contributed by atoms with Crippen molar-refractivity contribution < 1.29 is 14.3 Å². The minimum atomic E-state index is -0.539. The maximum atomic E-state index is 11.7. The van der Waals surface area contributed by atoms with Crippen molar-refractivity contribution in [1.82, 2.24) is 5.32 Å². The zero-order chi connectivity index (χ0) is 13.0. The third kappa shape index (κ3) is 4.35. The van der Waals surface area contributed by atoms with E-state index < -0.39 is 10.8 Å². The monoisotopic (exact) mass is 447 g/mol. The first-order chi connectivity index (χ1) is 7.95. The van der Waals surface area contributed by atoms with Gasteiger partial charge < -0.3 is 10.1 Å². The molecule has 94 valence electrons. The summed E-state index contributed by atoms with van der Waals surface area (Å²) in [7, 11) is 1.30. The second-order valence-electron chi connectivity index (χ2n) is 2.93. The van der Waals surface area contributed by atoms with Crippen molar-refractivity contribution in [2.45, 2.75) is 4.83 Å².